The van der Waals surface area contributed by atoms with E-state index in [-0.39, 0.29) is 10.3 Å². The predicted octanol–water partition coefficient (Wildman–Crippen LogP) is 2.00. The maximum absolute atomic E-state index is 12.2. The second-order valence-electron chi connectivity index (χ2n) is 5.77. The summed E-state index contributed by atoms with van der Waals surface area (Å²) in [4.78, 5) is 0.260. The highest BCUT2D eigenvalue weighted by Crippen LogP contribution is 2.20. The van der Waals surface area contributed by atoms with Crippen molar-refractivity contribution in [2.75, 3.05) is 26.7 Å². The van der Waals surface area contributed by atoms with E-state index in [4.69, 9.17) is 4.74 Å². The third-order valence-corrected chi connectivity index (χ3v) is 4.87. The Morgan fingerprint density at radius 2 is 1.81 bits per heavy atom. The van der Waals surface area contributed by atoms with Gasteiger partial charge < -0.3 is 10.1 Å². The van der Waals surface area contributed by atoms with E-state index in [1.165, 1.54) is 0 Å². The molecule has 5 nitrogen and oxygen atoms in total. The molecular weight excluding hydrogens is 288 g/mol. The number of sulfonamides is 1. The van der Waals surface area contributed by atoms with E-state index < -0.39 is 10.0 Å². The summed E-state index contributed by atoms with van der Waals surface area (Å²) >= 11 is 0. The van der Waals surface area contributed by atoms with Crippen LogP contribution in [0.5, 0.6) is 5.75 Å². The van der Waals surface area contributed by atoms with Crippen molar-refractivity contribution in [2.24, 2.45) is 5.41 Å². The molecule has 0 aromatic heterocycles. The number of hydrogen-bond donors (Lipinski definition) is 2. The van der Waals surface area contributed by atoms with Crippen LogP contribution >= 0.6 is 0 Å². The zero-order valence-corrected chi connectivity index (χ0v) is 14.1. The molecule has 0 unspecified atom stereocenters. The zero-order valence-electron chi connectivity index (χ0n) is 13.3. The topological polar surface area (TPSA) is 67.4 Å². The van der Waals surface area contributed by atoms with Gasteiger partial charge in [-0.25, -0.2) is 13.1 Å². The molecule has 0 aliphatic rings. The van der Waals surface area contributed by atoms with Gasteiger partial charge >= 0.3 is 0 Å². The van der Waals surface area contributed by atoms with Gasteiger partial charge in [-0.2, -0.15) is 0 Å². The molecule has 0 atom stereocenters. The third-order valence-electron chi connectivity index (χ3n) is 3.45. The van der Waals surface area contributed by atoms with Crippen molar-refractivity contribution in [1.82, 2.24) is 10.0 Å². The van der Waals surface area contributed by atoms with Gasteiger partial charge in [-0.05, 0) is 43.1 Å². The summed E-state index contributed by atoms with van der Waals surface area (Å²) in [5.74, 6) is 0.665. The Kier molecular flexibility index (Phi) is 6.64. The van der Waals surface area contributed by atoms with Gasteiger partial charge in [0, 0.05) is 13.1 Å². The lowest BCUT2D eigenvalue weighted by molar-refractivity contribution is 0.318. The van der Waals surface area contributed by atoms with E-state index in [0.29, 0.717) is 18.9 Å². The van der Waals surface area contributed by atoms with Crippen LogP contribution in [0.2, 0.25) is 0 Å². The van der Waals surface area contributed by atoms with Crippen LogP contribution in [0.1, 0.15) is 27.2 Å². The molecule has 0 fully saturated rings. The highest BCUT2D eigenvalue weighted by Gasteiger charge is 2.20. The van der Waals surface area contributed by atoms with Crippen LogP contribution in [0.15, 0.2) is 29.2 Å². The van der Waals surface area contributed by atoms with Gasteiger partial charge in [-0.3, -0.25) is 0 Å². The maximum Gasteiger partial charge on any atom is 0.240 e. The standard InChI is InChI=1S/C15H26N2O3S/c1-5-15(2,3)12-17-21(18,19)14-8-6-13(7-9-14)20-11-10-16-4/h6-9,16-17H,5,10-12H2,1-4H3. The molecule has 0 amide bonds. The minimum Gasteiger partial charge on any atom is -0.492 e. The molecule has 120 valence electrons. The summed E-state index contributed by atoms with van der Waals surface area (Å²) in [6, 6.07) is 6.48. The predicted molar refractivity (Wildman–Crippen MR) is 85.1 cm³/mol. The monoisotopic (exact) mass is 314 g/mol. The van der Waals surface area contributed by atoms with E-state index in [1.54, 1.807) is 24.3 Å². The molecule has 6 heteroatoms. The van der Waals surface area contributed by atoms with Crippen molar-refractivity contribution < 1.29 is 13.2 Å². The van der Waals surface area contributed by atoms with Gasteiger partial charge in [0.15, 0.2) is 0 Å². The lowest BCUT2D eigenvalue weighted by Crippen LogP contribution is -2.33. The molecule has 0 spiro atoms. The van der Waals surface area contributed by atoms with Crippen molar-refractivity contribution in [3.05, 3.63) is 24.3 Å². The number of ether oxygens (including phenoxy) is 1. The first-order valence-corrected chi connectivity index (χ1v) is 8.66. The smallest absolute Gasteiger partial charge is 0.240 e. The van der Waals surface area contributed by atoms with Gasteiger partial charge in [0.05, 0.1) is 4.90 Å². The van der Waals surface area contributed by atoms with Gasteiger partial charge in [-0.1, -0.05) is 20.8 Å². The molecular formula is C15H26N2O3S. The molecule has 0 aliphatic carbocycles. The minimum atomic E-state index is -3.46. The lowest BCUT2D eigenvalue weighted by Gasteiger charge is -2.22. The van der Waals surface area contributed by atoms with Crippen LogP contribution in [-0.2, 0) is 10.0 Å². The second kappa shape index (κ2) is 7.77. The molecule has 1 rings (SSSR count). The van der Waals surface area contributed by atoms with Crippen LogP contribution in [0.3, 0.4) is 0 Å². The van der Waals surface area contributed by atoms with Crippen LogP contribution < -0.4 is 14.8 Å². The summed E-state index contributed by atoms with van der Waals surface area (Å²) in [6.45, 7) is 7.83. The fraction of sp³-hybridized carbons (Fsp3) is 0.600. The molecule has 0 radical (unpaired) electrons. The van der Waals surface area contributed by atoms with Crippen molar-refractivity contribution >= 4 is 10.0 Å². The Balaban J connectivity index is 2.67. The number of hydrogen-bond acceptors (Lipinski definition) is 4. The molecule has 2 N–H and O–H groups in total. The summed E-state index contributed by atoms with van der Waals surface area (Å²) in [5.41, 5.74) is -0.0523. The zero-order chi connectivity index (χ0) is 15.9. The van der Waals surface area contributed by atoms with E-state index in [1.807, 2.05) is 27.8 Å². The van der Waals surface area contributed by atoms with E-state index in [9.17, 15) is 8.42 Å². The molecule has 0 heterocycles. The Morgan fingerprint density at radius 3 is 2.33 bits per heavy atom. The second-order valence-corrected chi connectivity index (χ2v) is 7.53. The number of nitrogens with one attached hydrogen (secondary N) is 2. The first-order valence-electron chi connectivity index (χ1n) is 7.18. The first kappa shape index (κ1) is 17.9. The summed E-state index contributed by atoms with van der Waals surface area (Å²) in [5, 5.41) is 2.98. The third kappa shape index (κ3) is 6.03. The highest BCUT2D eigenvalue weighted by atomic mass is 32.2. The minimum absolute atomic E-state index is 0.0523. The summed E-state index contributed by atoms with van der Waals surface area (Å²) in [6.07, 6.45) is 0.910. The fourth-order valence-electron chi connectivity index (χ4n) is 1.48. The molecule has 0 saturated heterocycles. The Labute approximate surface area is 128 Å². The summed E-state index contributed by atoms with van der Waals surface area (Å²) < 4.78 is 32.5. The van der Waals surface area contributed by atoms with Crippen LogP contribution in [0, 0.1) is 5.41 Å². The van der Waals surface area contributed by atoms with Crippen LogP contribution in [0.25, 0.3) is 0 Å². The molecule has 0 saturated carbocycles. The Morgan fingerprint density at radius 1 is 1.19 bits per heavy atom. The van der Waals surface area contributed by atoms with E-state index in [0.717, 1.165) is 13.0 Å². The molecule has 1 aromatic carbocycles. The Hall–Kier alpha value is -1.11. The number of benzene rings is 1. The molecule has 21 heavy (non-hydrogen) atoms. The Bertz CT molecular complexity index is 524. The highest BCUT2D eigenvalue weighted by molar-refractivity contribution is 7.89. The van der Waals surface area contributed by atoms with Crippen LogP contribution in [0.4, 0.5) is 0 Å². The fourth-order valence-corrected chi connectivity index (χ4v) is 2.73. The van der Waals surface area contributed by atoms with Crippen molar-refractivity contribution in [3.8, 4) is 5.75 Å². The van der Waals surface area contributed by atoms with E-state index in [2.05, 4.69) is 10.0 Å². The quantitative estimate of drug-likeness (QED) is 0.684. The molecule has 0 aliphatic heterocycles. The van der Waals surface area contributed by atoms with Crippen molar-refractivity contribution in [2.45, 2.75) is 32.1 Å². The van der Waals surface area contributed by atoms with E-state index >= 15 is 0 Å². The lowest BCUT2D eigenvalue weighted by atomic mass is 9.91. The SMILES string of the molecule is CCC(C)(C)CNS(=O)(=O)c1ccc(OCCNC)cc1. The van der Waals surface area contributed by atoms with Gasteiger partial charge in [0.1, 0.15) is 12.4 Å². The molecule has 1 aromatic rings. The normalized spacial score (nSPS) is 12.4. The van der Waals surface area contributed by atoms with Crippen molar-refractivity contribution in [1.29, 1.82) is 0 Å². The number of rotatable bonds is 9. The summed E-state index contributed by atoms with van der Waals surface area (Å²) in [7, 11) is -1.61. The van der Waals surface area contributed by atoms with Gasteiger partial charge in [-0.15, -0.1) is 0 Å². The van der Waals surface area contributed by atoms with Gasteiger partial charge in [0.25, 0.3) is 0 Å². The first-order chi connectivity index (χ1) is 9.80. The van der Waals surface area contributed by atoms with Crippen LogP contribution in [-0.4, -0.2) is 35.2 Å². The van der Waals surface area contributed by atoms with Gasteiger partial charge in [0.2, 0.25) is 10.0 Å². The largest absolute Gasteiger partial charge is 0.492 e. The van der Waals surface area contributed by atoms with Crippen molar-refractivity contribution in [3.63, 3.8) is 0 Å². The molecule has 0 bridgehead atoms. The average Bonchev–Trinajstić information content (AvgIpc) is 2.46. The number of likely N-dealkylation sites (N-methyl/N-ethyl adjacent to an activating group) is 1. The maximum atomic E-state index is 12.2. The average molecular weight is 314 g/mol.